The maximum Gasteiger partial charge on any atom is 0.303 e. The summed E-state index contributed by atoms with van der Waals surface area (Å²) in [4.78, 5) is 14.3. The van der Waals surface area contributed by atoms with Gasteiger partial charge in [0.15, 0.2) is 0 Å². The van der Waals surface area contributed by atoms with Crippen LogP contribution in [0.2, 0.25) is 0 Å². The van der Waals surface area contributed by atoms with Gasteiger partial charge in [-0.15, -0.1) is 11.3 Å². The predicted octanol–water partition coefficient (Wildman–Crippen LogP) is 1.35. The normalized spacial score (nSPS) is 12.8. The van der Waals surface area contributed by atoms with Gasteiger partial charge in [0.1, 0.15) is 0 Å². The zero-order valence-corrected chi connectivity index (χ0v) is 8.04. The van der Waals surface area contributed by atoms with Crippen molar-refractivity contribution in [3.8, 4) is 0 Å². The molecule has 72 valence electrons. The van der Waals surface area contributed by atoms with E-state index in [0.29, 0.717) is 5.69 Å². The smallest absolute Gasteiger partial charge is 0.303 e. The third kappa shape index (κ3) is 3.12. The van der Waals surface area contributed by atoms with Gasteiger partial charge in [-0.25, -0.2) is 4.98 Å². The van der Waals surface area contributed by atoms with E-state index in [1.165, 1.54) is 11.3 Å². The van der Waals surface area contributed by atoms with Crippen LogP contribution in [0, 0.1) is 6.92 Å². The van der Waals surface area contributed by atoms with Crippen molar-refractivity contribution >= 4 is 17.3 Å². The molecule has 2 N–H and O–H groups in total. The lowest BCUT2D eigenvalue weighted by atomic mass is 10.1. The zero-order valence-electron chi connectivity index (χ0n) is 7.23. The molecule has 1 aromatic rings. The summed E-state index contributed by atoms with van der Waals surface area (Å²) in [5.41, 5.74) is 0.573. The van der Waals surface area contributed by atoms with E-state index >= 15 is 0 Å². The fourth-order valence-corrected chi connectivity index (χ4v) is 1.60. The number of aryl methyl sites for hydroxylation is 1. The zero-order chi connectivity index (χ0) is 9.84. The molecular formula is C8H11NO3S. The first-order valence-electron chi connectivity index (χ1n) is 3.91. The average Bonchev–Trinajstić information content (AvgIpc) is 2.47. The Kier molecular flexibility index (Phi) is 3.39. The van der Waals surface area contributed by atoms with Crippen molar-refractivity contribution in [1.82, 2.24) is 4.98 Å². The number of thiazole rings is 1. The van der Waals surface area contributed by atoms with Gasteiger partial charge >= 0.3 is 5.97 Å². The summed E-state index contributed by atoms with van der Waals surface area (Å²) in [6, 6.07) is 0. The maximum absolute atomic E-state index is 10.2. The average molecular weight is 201 g/mol. The number of aliphatic carboxylic acids is 1. The van der Waals surface area contributed by atoms with Crippen LogP contribution in [-0.4, -0.2) is 21.2 Å². The highest BCUT2D eigenvalue weighted by Crippen LogP contribution is 2.19. The Morgan fingerprint density at radius 3 is 2.92 bits per heavy atom. The van der Waals surface area contributed by atoms with Crippen molar-refractivity contribution in [3.05, 3.63) is 16.1 Å². The summed E-state index contributed by atoms with van der Waals surface area (Å²) in [7, 11) is 0. The molecule has 0 radical (unpaired) electrons. The van der Waals surface area contributed by atoms with Crippen LogP contribution < -0.4 is 0 Å². The van der Waals surface area contributed by atoms with Gasteiger partial charge in [0.2, 0.25) is 0 Å². The number of carbonyl (C=O) groups is 1. The van der Waals surface area contributed by atoms with Crippen LogP contribution in [0.4, 0.5) is 0 Å². The van der Waals surface area contributed by atoms with Gasteiger partial charge in [0.25, 0.3) is 0 Å². The third-order valence-corrected chi connectivity index (χ3v) is 2.40. The van der Waals surface area contributed by atoms with E-state index in [4.69, 9.17) is 5.11 Å². The number of hydrogen-bond acceptors (Lipinski definition) is 4. The van der Waals surface area contributed by atoms with Crippen LogP contribution in [0.1, 0.15) is 29.6 Å². The van der Waals surface area contributed by atoms with Crippen molar-refractivity contribution < 1.29 is 15.0 Å². The van der Waals surface area contributed by atoms with Gasteiger partial charge in [-0.3, -0.25) is 4.79 Å². The van der Waals surface area contributed by atoms with E-state index in [1.54, 1.807) is 5.38 Å². The Bertz CT molecular complexity index is 297. The summed E-state index contributed by atoms with van der Waals surface area (Å²) in [6.07, 6.45) is -0.558. The first-order chi connectivity index (χ1) is 6.09. The highest BCUT2D eigenvalue weighted by atomic mass is 32.1. The molecular weight excluding hydrogens is 190 g/mol. The Morgan fingerprint density at radius 2 is 2.46 bits per heavy atom. The fourth-order valence-electron chi connectivity index (χ4n) is 0.941. The first kappa shape index (κ1) is 10.1. The number of carboxylic acids is 1. The molecule has 1 unspecified atom stereocenters. The lowest BCUT2D eigenvalue weighted by molar-refractivity contribution is -0.137. The van der Waals surface area contributed by atoms with Crippen molar-refractivity contribution in [2.45, 2.75) is 25.9 Å². The van der Waals surface area contributed by atoms with Crippen LogP contribution in [-0.2, 0) is 4.79 Å². The Balaban J connectivity index is 2.48. The summed E-state index contributed by atoms with van der Waals surface area (Å²) >= 11 is 1.45. The highest BCUT2D eigenvalue weighted by Gasteiger charge is 2.12. The number of hydrogen-bond donors (Lipinski definition) is 2. The minimum Gasteiger partial charge on any atom is -0.481 e. The van der Waals surface area contributed by atoms with Crippen molar-refractivity contribution in [3.63, 3.8) is 0 Å². The molecule has 0 spiro atoms. The Morgan fingerprint density at radius 1 is 1.77 bits per heavy atom. The molecule has 0 aliphatic rings. The summed E-state index contributed by atoms with van der Waals surface area (Å²) < 4.78 is 0. The molecule has 0 saturated heterocycles. The summed E-state index contributed by atoms with van der Waals surface area (Å²) in [5.74, 6) is -0.897. The summed E-state index contributed by atoms with van der Waals surface area (Å²) in [6.45, 7) is 1.85. The minimum atomic E-state index is -0.897. The molecule has 1 rings (SSSR count). The second kappa shape index (κ2) is 4.34. The number of nitrogens with zero attached hydrogens (tertiary/aromatic N) is 1. The van der Waals surface area contributed by atoms with Gasteiger partial charge in [-0.1, -0.05) is 0 Å². The second-order valence-corrected chi connectivity index (χ2v) is 3.80. The van der Waals surface area contributed by atoms with Gasteiger partial charge < -0.3 is 10.2 Å². The number of carboxylic acid groups (broad SMARTS) is 1. The van der Waals surface area contributed by atoms with Crippen LogP contribution in [0.15, 0.2) is 5.38 Å². The molecule has 0 aliphatic carbocycles. The van der Waals surface area contributed by atoms with Crippen LogP contribution in [0.5, 0.6) is 0 Å². The SMILES string of the molecule is Cc1nc(C(O)CCC(=O)O)cs1. The molecule has 0 aromatic carbocycles. The topological polar surface area (TPSA) is 70.4 Å². The molecule has 0 aliphatic heterocycles. The fraction of sp³-hybridized carbons (Fsp3) is 0.500. The second-order valence-electron chi connectivity index (χ2n) is 2.74. The van der Waals surface area contributed by atoms with Gasteiger partial charge in [0, 0.05) is 11.8 Å². The number of aliphatic hydroxyl groups is 1. The molecule has 1 heterocycles. The van der Waals surface area contributed by atoms with Crippen molar-refractivity contribution in [2.24, 2.45) is 0 Å². The lowest BCUT2D eigenvalue weighted by Crippen LogP contribution is -2.02. The van der Waals surface area contributed by atoms with Gasteiger partial charge in [-0.2, -0.15) is 0 Å². The van der Waals surface area contributed by atoms with E-state index in [9.17, 15) is 9.90 Å². The standard InChI is InChI=1S/C8H11NO3S/c1-5-9-6(4-13-5)7(10)2-3-8(11)12/h4,7,10H,2-3H2,1H3,(H,11,12). The molecule has 0 saturated carbocycles. The number of rotatable bonds is 4. The monoisotopic (exact) mass is 201 g/mol. The van der Waals surface area contributed by atoms with E-state index in [-0.39, 0.29) is 12.8 Å². The minimum absolute atomic E-state index is 0.0300. The largest absolute Gasteiger partial charge is 0.481 e. The number of aromatic nitrogens is 1. The van der Waals surface area contributed by atoms with Crippen LogP contribution in [0.3, 0.4) is 0 Å². The summed E-state index contributed by atoms with van der Waals surface area (Å²) in [5, 5.41) is 20.5. The Labute approximate surface area is 79.9 Å². The molecule has 0 fully saturated rings. The lowest BCUT2D eigenvalue weighted by Gasteiger charge is -2.04. The predicted molar refractivity (Wildman–Crippen MR) is 48.7 cm³/mol. The molecule has 1 aromatic heterocycles. The molecule has 0 bridgehead atoms. The highest BCUT2D eigenvalue weighted by molar-refractivity contribution is 7.09. The van der Waals surface area contributed by atoms with Gasteiger partial charge in [-0.05, 0) is 13.3 Å². The molecule has 0 amide bonds. The molecule has 13 heavy (non-hydrogen) atoms. The molecule has 1 atom stereocenters. The van der Waals surface area contributed by atoms with E-state index in [0.717, 1.165) is 5.01 Å². The Hall–Kier alpha value is -0.940. The molecule has 4 nitrogen and oxygen atoms in total. The number of aliphatic hydroxyl groups excluding tert-OH is 1. The van der Waals surface area contributed by atoms with Gasteiger partial charge in [0.05, 0.1) is 16.8 Å². The van der Waals surface area contributed by atoms with Crippen molar-refractivity contribution in [1.29, 1.82) is 0 Å². The van der Waals surface area contributed by atoms with E-state index in [2.05, 4.69) is 4.98 Å². The molecule has 5 heteroatoms. The van der Waals surface area contributed by atoms with Crippen molar-refractivity contribution in [2.75, 3.05) is 0 Å². The van der Waals surface area contributed by atoms with E-state index < -0.39 is 12.1 Å². The van der Waals surface area contributed by atoms with Crippen LogP contribution >= 0.6 is 11.3 Å². The third-order valence-electron chi connectivity index (χ3n) is 1.61. The quantitative estimate of drug-likeness (QED) is 0.771. The van der Waals surface area contributed by atoms with Crippen LogP contribution in [0.25, 0.3) is 0 Å². The first-order valence-corrected chi connectivity index (χ1v) is 4.79. The maximum atomic E-state index is 10.2. The van der Waals surface area contributed by atoms with E-state index in [1.807, 2.05) is 6.92 Å².